The van der Waals surface area contributed by atoms with Gasteiger partial charge in [0.15, 0.2) is 0 Å². The molecule has 0 fully saturated rings. The highest BCUT2D eigenvalue weighted by molar-refractivity contribution is 6.40. The Morgan fingerprint density at radius 1 is 0.697 bits per heavy atom. The molecular formula is C27H29N3O3. The van der Waals surface area contributed by atoms with E-state index in [1.54, 1.807) is 24.3 Å². The van der Waals surface area contributed by atoms with Gasteiger partial charge in [0, 0.05) is 13.1 Å². The zero-order valence-corrected chi connectivity index (χ0v) is 18.8. The Balaban J connectivity index is 1.46. The summed E-state index contributed by atoms with van der Waals surface area (Å²) in [6.45, 7) is 2.78. The molecule has 3 amide bonds. The molecule has 0 atom stereocenters. The Bertz CT molecular complexity index is 1080. The molecule has 0 aliphatic heterocycles. The van der Waals surface area contributed by atoms with Crippen LogP contribution in [0.2, 0.25) is 0 Å². The van der Waals surface area contributed by atoms with Gasteiger partial charge in [-0.05, 0) is 49.4 Å². The number of carbonyl (C=O) groups excluding carboxylic acids is 3. The van der Waals surface area contributed by atoms with Crippen LogP contribution in [0.3, 0.4) is 0 Å². The van der Waals surface area contributed by atoms with Crippen molar-refractivity contribution in [1.29, 1.82) is 0 Å². The van der Waals surface area contributed by atoms with Crippen LogP contribution < -0.4 is 16.0 Å². The van der Waals surface area contributed by atoms with E-state index in [1.807, 2.05) is 49.4 Å². The first-order valence-corrected chi connectivity index (χ1v) is 11.1. The topological polar surface area (TPSA) is 87.3 Å². The molecule has 0 saturated heterocycles. The molecule has 170 valence electrons. The molecule has 3 N–H and O–H groups in total. The van der Waals surface area contributed by atoms with E-state index < -0.39 is 11.8 Å². The van der Waals surface area contributed by atoms with E-state index in [0.29, 0.717) is 24.3 Å². The fourth-order valence-electron chi connectivity index (χ4n) is 3.33. The summed E-state index contributed by atoms with van der Waals surface area (Å²) in [5.41, 5.74) is 3.96. The predicted molar refractivity (Wildman–Crippen MR) is 130 cm³/mol. The van der Waals surface area contributed by atoms with Crippen molar-refractivity contribution in [3.8, 4) is 0 Å². The quantitative estimate of drug-likeness (QED) is 0.345. The number of rotatable bonds is 9. The molecule has 3 rings (SSSR count). The predicted octanol–water partition coefficient (Wildman–Crippen LogP) is 4.00. The van der Waals surface area contributed by atoms with Gasteiger partial charge in [0.05, 0.1) is 11.3 Å². The second kappa shape index (κ2) is 12.2. The lowest BCUT2D eigenvalue weighted by Gasteiger charge is -2.12. The van der Waals surface area contributed by atoms with Gasteiger partial charge >= 0.3 is 11.8 Å². The highest BCUT2D eigenvalue weighted by Gasteiger charge is 2.17. The standard InChI is InChI=1S/C27H29N3O3/c1-20-14-16-22(17-15-20)19-29-25(31)23-12-5-6-13-24(23)30-27(33)26(32)28-18-8-7-11-21-9-3-2-4-10-21/h2-6,9-10,12-17H,7-8,11,18-19H2,1H3,(H,28,32)(H,29,31)(H,30,33). The average Bonchev–Trinajstić information content (AvgIpc) is 2.84. The normalized spacial score (nSPS) is 10.3. The van der Waals surface area contributed by atoms with Gasteiger partial charge in [-0.15, -0.1) is 0 Å². The molecule has 0 unspecified atom stereocenters. The molecule has 6 heteroatoms. The number of benzene rings is 3. The van der Waals surface area contributed by atoms with Gasteiger partial charge < -0.3 is 16.0 Å². The highest BCUT2D eigenvalue weighted by Crippen LogP contribution is 2.15. The third-order valence-corrected chi connectivity index (χ3v) is 5.22. The molecule has 3 aromatic rings. The van der Waals surface area contributed by atoms with E-state index in [4.69, 9.17) is 0 Å². The van der Waals surface area contributed by atoms with Crippen molar-refractivity contribution < 1.29 is 14.4 Å². The van der Waals surface area contributed by atoms with Crippen molar-refractivity contribution in [3.63, 3.8) is 0 Å². The van der Waals surface area contributed by atoms with Crippen LogP contribution >= 0.6 is 0 Å². The number of anilines is 1. The third kappa shape index (κ3) is 7.61. The summed E-state index contributed by atoms with van der Waals surface area (Å²) in [4.78, 5) is 37.2. The van der Waals surface area contributed by atoms with Crippen LogP contribution in [-0.2, 0) is 22.6 Å². The van der Waals surface area contributed by atoms with E-state index in [0.717, 1.165) is 30.4 Å². The summed E-state index contributed by atoms with van der Waals surface area (Å²) < 4.78 is 0. The van der Waals surface area contributed by atoms with Crippen LogP contribution in [0.25, 0.3) is 0 Å². The average molecular weight is 444 g/mol. The minimum absolute atomic E-state index is 0.295. The van der Waals surface area contributed by atoms with Gasteiger partial charge in [0.2, 0.25) is 0 Å². The number of carbonyl (C=O) groups is 3. The van der Waals surface area contributed by atoms with E-state index in [2.05, 4.69) is 28.1 Å². The van der Waals surface area contributed by atoms with Gasteiger partial charge in [-0.1, -0.05) is 72.3 Å². The number of hydrogen-bond donors (Lipinski definition) is 3. The smallest absolute Gasteiger partial charge is 0.313 e. The summed E-state index contributed by atoms with van der Waals surface area (Å²) >= 11 is 0. The molecule has 3 aromatic carbocycles. The largest absolute Gasteiger partial charge is 0.348 e. The van der Waals surface area contributed by atoms with Gasteiger partial charge in [0.25, 0.3) is 5.91 Å². The molecule has 0 heterocycles. The second-order valence-electron chi connectivity index (χ2n) is 7.87. The minimum atomic E-state index is -0.795. The maximum atomic E-state index is 12.7. The fraction of sp³-hybridized carbons (Fsp3) is 0.222. The zero-order valence-electron chi connectivity index (χ0n) is 18.8. The van der Waals surface area contributed by atoms with Crippen molar-refractivity contribution in [1.82, 2.24) is 10.6 Å². The van der Waals surface area contributed by atoms with Crippen LogP contribution in [0.15, 0.2) is 78.9 Å². The first-order chi connectivity index (χ1) is 16.0. The molecule has 0 radical (unpaired) electrons. The highest BCUT2D eigenvalue weighted by atomic mass is 16.2. The van der Waals surface area contributed by atoms with E-state index in [-0.39, 0.29) is 5.91 Å². The second-order valence-corrected chi connectivity index (χ2v) is 7.87. The number of hydrogen-bond acceptors (Lipinski definition) is 3. The lowest BCUT2D eigenvalue weighted by Crippen LogP contribution is -2.36. The van der Waals surface area contributed by atoms with E-state index in [9.17, 15) is 14.4 Å². The molecule has 0 aliphatic carbocycles. The van der Waals surface area contributed by atoms with Crippen LogP contribution in [0.4, 0.5) is 5.69 Å². The summed E-state index contributed by atoms with van der Waals surface area (Å²) in [5, 5.41) is 8.04. The Hall–Kier alpha value is -3.93. The van der Waals surface area contributed by atoms with Crippen LogP contribution in [0, 0.1) is 6.92 Å². The molecule has 33 heavy (non-hydrogen) atoms. The van der Waals surface area contributed by atoms with Crippen molar-refractivity contribution in [2.45, 2.75) is 32.7 Å². The summed E-state index contributed by atoms with van der Waals surface area (Å²) in [6, 6.07) is 24.6. The number of amides is 3. The van der Waals surface area contributed by atoms with Crippen LogP contribution in [0.5, 0.6) is 0 Å². The SMILES string of the molecule is Cc1ccc(CNC(=O)c2ccccc2NC(=O)C(=O)NCCCCc2ccccc2)cc1. The monoisotopic (exact) mass is 443 g/mol. The van der Waals surface area contributed by atoms with E-state index in [1.165, 1.54) is 5.56 Å². The maximum absolute atomic E-state index is 12.7. The van der Waals surface area contributed by atoms with E-state index >= 15 is 0 Å². The zero-order chi connectivity index (χ0) is 23.5. The Morgan fingerprint density at radius 3 is 2.15 bits per heavy atom. The fourth-order valence-corrected chi connectivity index (χ4v) is 3.33. The van der Waals surface area contributed by atoms with Crippen molar-refractivity contribution in [2.75, 3.05) is 11.9 Å². The third-order valence-electron chi connectivity index (χ3n) is 5.22. The van der Waals surface area contributed by atoms with Crippen LogP contribution in [0.1, 0.15) is 39.9 Å². The molecular weight excluding hydrogens is 414 g/mol. The minimum Gasteiger partial charge on any atom is -0.348 e. The number of para-hydroxylation sites is 1. The first kappa shape index (κ1) is 23.7. The van der Waals surface area contributed by atoms with Crippen molar-refractivity contribution >= 4 is 23.4 Å². The number of nitrogens with one attached hydrogen (secondary N) is 3. The molecule has 0 saturated carbocycles. The molecule has 6 nitrogen and oxygen atoms in total. The molecule has 0 aliphatic rings. The van der Waals surface area contributed by atoms with Gasteiger partial charge in [-0.3, -0.25) is 14.4 Å². The Morgan fingerprint density at radius 2 is 1.39 bits per heavy atom. The molecule has 0 bridgehead atoms. The van der Waals surface area contributed by atoms with Gasteiger partial charge in [-0.25, -0.2) is 0 Å². The van der Waals surface area contributed by atoms with Gasteiger partial charge in [0.1, 0.15) is 0 Å². The number of unbranched alkanes of at least 4 members (excludes halogenated alkanes) is 1. The lowest BCUT2D eigenvalue weighted by molar-refractivity contribution is -0.136. The lowest BCUT2D eigenvalue weighted by atomic mass is 10.1. The van der Waals surface area contributed by atoms with Crippen molar-refractivity contribution in [2.24, 2.45) is 0 Å². The summed E-state index contributed by atoms with van der Waals surface area (Å²) in [6.07, 6.45) is 2.61. The Labute approximate surface area is 194 Å². The Kier molecular flexibility index (Phi) is 8.77. The maximum Gasteiger partial charge on any atom is 0.313 e. The first-order valence-electron chi connectivity index (χ1n) is 11.1. The summed E-state index contributed by atoms with van der Waals surface area (Å²) in [7, 11) is 0. The summed E-state index contributed by atoms with van der Waals surface area (Å²) in [5.74, 6) is -1.84. The van der Waals surface area contributed by atoms with Crippen LogP contribution in [-0.4, -0.2) is 24.3 Å². The molecule has 0 aromatic heterocycles. The van der Waals surface area contributed by atoms with Gasteiger partial charge in [-0.2, -0.15) is 0 Å². The molecule has 0 spiro atoms. The van der Waals surface area contributed by atoms with Crippen molar-refractivity contribution in [3.05, 3.63) is 101 Å². The number of aryl methyl sites for hydroxylation is 2.